The minimum atomic E-state index is -0.452. The normalized spacial score (nSPS) is 10.4. The molecule has 0 bridgehead atoms. The second-order valence-electron chi connectivity index (χ2n) is 3.97. The standard InChI is InChI=1S/C12H10IN3O3/c1-8-14-6-11(13)12(17)15(8)7-9-3-2-4-10(5-9)16(18)19/h2-6H,7H2,1H3. The topological polar surface area (TPSA) is 78.0 Å². The Morgan fingerprint density at radius 3 is 2.89 bits per heavy atom. The predicted molar refractivity (Wildman–Crippen MR) is 78.1 cm³/mol. The van der Waals surface area contributed by atoms with Crippen LogP contribution in [0.3, 0.4) is 0 Å². The lowest BCUT2D eigenvalue weighted by Crippen LogP contribution is -2.26. The van der Waals surface area contributed by atoms with Gasteiger partial charge in [-0.1, -0.05) is 12.1 Å². The summed E-state index contributed by atoms with van der Waals surface area (Å²) in [4.78, 5) is 26.4. The van der Waals surface area contributed by atoms with Gasteiger partial charge in [-0.2, -0.15) is 0 Å². The second kappa shape index (κ2) is 5.47. The molecule has 0 unspecified atom stereocenters. The molecule has 0 atom stereocenters. The molecule has 0 N–H and O–H groups in total. The van der Waals surface area contributed by atoms with Crippen LogP contribution in [0.15, 0.2) is 35.3 Å². The molecule has 19 heavy (non-hydrogen) atoms. The number of aryl methyl sites for hydroxylation is 1. The van der Waals surface area contributed by atoms with Gasteiger partial charge in [0.05, 0.1) is 15.0 Å². The van der Waals surface area contributed by atoms with Crippen LogP contribution in [-0.4, -0.2) is 14.5 Å². The van der Waals surface area contributed by atoms with Crippen LogP contribution in [0, 0.1) is 20.6 Å². The fourth-order valence-electron chi connectivity index (χ4n) is 1.69. The van der Waals surface area contributed by atoms with Crippen LogP contribution < -0.4 is 5.56 Å². The molecular formula is C12H10IN3O3. The van der Waals surface area contributed by atoms with Crippen LogP contribution in [0.25, 0.3) is 0 Å². The van der Waals surface area contributed by atoms with Gasteiger partial charge in [0.1, 0.15) is 5.82 Å². The van der Waals surface area contributed by atoms with Crippen LogP contribution in [0.5, 0.6) is 0 Å². The number of nitrogens with zero attached hydrogens (tertiary/aromatic N) is 3. The van der Waals surface area contributed by atoms with Crippen molar-refractivity contribution >= 4 is 28.3 Å². The van der Waals surface area contributed by atoms with E-state index in [0.717, 1.165) is 0 Å². The van der Waals surface area contributed by atoms with Crippen molar-refractivity contribution in [3.63, 3.8) is 0 Å². The summed E-state index contributed by atoms with van der Waals surface area (Å²) < 4.78 is 2.02. The molecule has 0 saturated heterocycles. The Labute approximate surface area is 122 Å². The molecule has 1 heterocycles. The van der Waals surface area contributed by atoms with E-state index in [1.54, 1.807) is 19.1 Å². The Morgan fingerprint density at radius 1 is 1.47 bits per heavy atom. The van der Waals surface area contributed by atoms with Crippen molar-refractivity contribution in [1.82, 2.24) is 9.55 Å². The van der Waals surface area contributed by atoms with Crippen LogP contribution in [0.2, 0.25) is 0 Å². The summed E-state index contributed by atoms with van der Waals surface area (Å²) in [7, 11) is 0. The minimum absolute atomic E-state index is 0.0155. The van der Waals surface area contributed by atoms with Crippen molar-refractivity contribution in [3.05, 3.63) is 65.9 Å². The van der Waals surface area contributed by atoms with Gasteiger partial charge in [-0.15, -0.1) is 0 Å². The molecule has 0 aliphatic heterocycles. The molecule has 0 spiro atoms. The predicted octanol–water partition coefficient (Wildman–Crippen LogP) is 2.11. The first-order valence-electron chi connectivity index (χ1n) is 5.44. The molecular weight excluding hydrogens is 361 g/mol. The van der Waals surface area contributed by atoms with Crippen LogP contribution in [0.1, 0.15) is 11.4 Å². The minimum Gasteiger partial charge on any atom is -0.292 e. The molecule has 0 fully saturated rings. The zero-order chi connectivity index (χ0) is 14.0. The number of hydrogen-bond acceptors (Lipinski definition) is 4. The van der Waals surface area contributed by atoms with Crippen molar-refractivity contribution in [3.8, 4) is 0 Å². The van der Waals surface area contributed by atoms with E-state index in [9.17, 15) is 14.9 Å². The second-order valence-corrected chi connectivity index (χ2v) is 5.13. The Balaban J connectivity index is 2.42. The molecule has 1 aromatic carbocycles. The van der Waals surface area contributed by atoms with Crippen molar-refractivity contribution in [2.24, 2.45) is 0 Å². The third-order valence-electron chi connectivity index (χ3n) is 2.67. The van der Waals surface area contributed by atoms with Crippen molar-refractivity contribution in [2.45, 2.75) is 13.5 Å². The van der Waals surface area contributed by atoms with E-state index in [2.05, 4.69) is 4.98 Å². The van der Waals surface area contributed by atoms with Gasteiger partial charge in [0.2, 0.25) is 0 Å². The maximum atomic E-state index is 12.0. The van der Waals surface area contributed by atoms with Gasteiger partial charge in [-0.05, 0) is 35.1 Å². The van der Waals surface area contributed by atoms with Crippen molar-refractivity contribution < 1.29 is 4.92 Å². The third-order valence-corrected chi connectivity index (χ3v) is 3.41. The summed E-state index contributed by atoms with van der Waals surface area (Å²) in [5, 5.41) is 10.7. The molecule has 0 aliphatic rings. The number of nitro benzene ring substituents is 1. The van der Waals surface area contributed by atoms with E-state index < -0.39 is 4.92 Å². The van der Waals surface area contributed by atoms with Gasteiger partial charge >= 0.3 is 0 Å². The first-order valence-corrected chi connectivity index (χ1v) is 6.52. The summed E-state index contributed by atoms with van der Waals surface area (Å²) in [5.74, 6) is 0.580. The molecule has 0 amide bonds. The maximum absolute atomic E-state index is 12.0. The Bertz CT molecular complexity index is 697. The lowest BCUT2D eigenvalue weighted by Gasteiger charge is -2.09. The zero-order valence-corrected chi connectivity index (χ0v) is 12.2. The quantitative estimate of drug-likeness (QED) is 0.471. The highest BCUT2D eigenvalue weighted by Crippen LogP contribution is 2.14. The molecule has 2 aromatic rings. The van der Waals surface area contributed by atoms with Crippen molar-refractivity contribution in [2.75, 3.05) is 0 Å². The van der Waals surface area contributed by atoms with Gasteiger partial charge in [-0.25, -0.2) is 4.98 Å². The van der Waals surface area contributed by atoms with Gasteiger partial charge < -0.3 is 0 Å². The smallest absolute Gasteiger partial charge is 0.269 e. The summed E-state index contributed by atoms with van der Waals surface area (Å²) in [6, 6.07) is 6.24. The molecule has 0 saturated carbocycles. The molecule has 0 radical (unpaired) electrons. The molecule has 1 aromatic heterocycles. The van der Waals surface area contributed by atoms with E-state index in [1.807, 2.05) is 22.6 Å². The lowest BCUT2D eigenvalue weighted by atomic mass is 10.2. The monoisotopic (exact) mass is 371 g/mol. The number of non-ortho nitro benzene ring substituents is 1. The average Bonchev–Trinajstić information content (AvgIpc) is 2.39. The SMILES string of the molecule is Cc1ncc(I)c(=O)n1Cc1cccc([N+](=O)[O-])c1. The van der Waals surface area contributed by atoms with Crippen LogP contribution in [-0.2, 0) is 6.54 Å². The summed E-state index contributed by atoms with van der Waals surface area (Å²) in [6.45, 7) is 2.00. The van der Waals surface area contributed by atoms with E-state index in [0.29, 0.717) is 15.0 Å². The molecule has 0 aliphatic carbocycles. The van der Waals surface area contributed by atoms with Gasteiger partial charge in [0.25, 0.3) is 11.2 Å². The number of halogens is 1. The largest absolute Gasteiger partial charge is 0.292 e. The lowest BCUT2D eigenvalue weighted by molar-refractivity contribution is -0.384. The number of aromatic nitrogens is 2. The van der Waals surface area contributed by atoms with E-state index >= 15 is 0 Å². The molecule has 98 valence electrons. The first-order chi connectivity index (χ1) is 8.99. The van der Waals surface area contributed by atoms with Gasteiger partial charge in [0, 0.05) is 18.3 Å². The Kier molecular flexibility index (Phi) is 3.93. The summed E-state index contributed by atoms with van der Waals surface area (Å²) in [6.07, 6.45) is 1.52. The van der Waals surface area contributed by atoms with E-state index in [1.165, 1.54) is 22.9 Å². The Morgan fingerprint density at radius 2 is 2.21 bits per heavy atom. The maximum Gasteiger partial charge on any atom is 0.269 e. The molecule has 2 rings (SSSR count). The van der Waals surface area contributed by atoms with Gasteiger partial charge in [-0.3, -0.25) is 19.5 Å². The first kappa shape index (κ1) is 13.7. The fourth-order valence-corrected chi connectivity index (χ4v) is 2.12. The fraction of sp³-hybridized carbons (Fsp3) is 0.167. The highest BCUT2D eigenvalue weighted by molar-refractivity contribution is 14.1. The van der Waals surface area contributed by atoms with E-state index in [4.69, 9.17) is 0 Å². The number of benzene rings is 1. The van der Waals surface area contributed by atoms with Crippen LogP contribution >= 0.6 is 22.6 Å². The zero-order valence-electron chi connectivity index (χ0n) is 10.0. The Hall–Kier alpha value is -1.77. The third kappa shape index (κ3) is 2.98. The van der Waals surface area contributed by atoms with Gasteiger partial charge in [0.15, 0.2) is 0 Å². The number of nitro groups is 1. The number of rotatable bonds is 3. The average molecular weight is 371 g/mol. The number of hydrogen-bond donors (Lipinski definition) is 0. The van der Waals surface area contributed by atoms with Crippen molar-refractivity contribution in [1.29, 1.82) is 0 Å². The molecule has 6 nitrogen and oxygen atoms in total. The van der Waals surface area contributed by atoms with E-state index in [-0.39, 0.29) is 17.8 Å². The summed E-state index contributed by atoms with van der Waals surface area (Å²) >= 11 is 1.92. The summed E-state index contributed by atoms with van der Waals surface area (Å²) in [5.41, 5.74) is 0.574. The highest BCUT2D eigenvalue weighted by atomic mass is 127. The highest BCUT2D eigenvalue weighted by Gasteiger charge is 2.09. The van der Waals surface area contributed by atoms with Crippen LogP contribution in [0.4, 0.5) is 5.69 Å². The molecule has 7 heteroatoms.